The average Bonchev–Trinajstić information content (AvgIpc) is 1.35. The van der Waals surface area contributed by atoms with Gasteiger partial charge in [0.15, 0.2) is 0 Å². The summed E-state index contributed by atoms with van der Waals surface area (Å²) in [4.78, 5) is 9.70. The minimum atomic E-state index is -0.264. The van der Waals surface area contributed by atoms with E-state index in [1.807, 2.05) is 27.1 Å². The summed E-state index contributed by atoms with van der Waals surface area (Å²) in [6, 6.07) is 0. The van der Waals surface area contributed by atoms with E-state index in [0.717, 1.165) is 0 Å². The first-order chi connectivity index (χ1) is 2.56. The average molecular weight is 174 g/mol. The van der Waals surface area contributed by atoms with Crippen molar-refractivity contribution >= 4 is 6.29 Å². The Morgan fingerprint density at radius 1 is 1.29 bits per heavy atom. The van der Waals surface area contributed by atoms with E-state index in [4.69, 9.17) is 0 Å². The van der Waals surface area contributed by atoms with Crippen molar-refractivity contribution in [3.05, 3.63) is 0 Å². The Morgan fingerprint density at radius 2 is 1.43 bits per heavy atom. The fourth-order valence-electron chi connectivity index (χ4n) is 0. The van der Waals surface area contributed by atoms with Gasteiger partial charge in [0.2, 0.25) is 0 Å². The number of rotatable bonds is 0. The molecule has 0 fully saturated rings. The Hall–Kier alpha value is 0.774. The van der Waals surface area contributed by atoms with Gasteiger partial charge in [0.05, 0.1) is 0 Å². The smallest absolute Gasteiger partial charge is 0 e. The van der Waals surface area contributed by atoms with E-state index in [9.17, 15) is 4.79 Å². The predicted octanol–water partition coefficient (Wildman–Crippen LogP) is 1.14. The molecule has 1 radical (unpaired) electrons. The van der Waals surface area contributed by atoms with E-state index in [2.05, 4.69) is 0 Å². The Morgan fingerprint density at radius 3 is 1.43 bits per heavy atom. The van der Waals surface area contributed by atoms with Gasteiger partial charge in [-0.15, -0.1) is 5.41 Å². The Bertz CT molecular complexity index is 53.6. The van der Waals surface area contributed by atoms with Crippen LogP contribution in [0, 0.1) is 5.41 Å². The van der Waals surface area contributed by atoms with Crippen LogP contribution in [0.1, 0.15) is 20.8 Å². The van der Waals surface area contributed by atoms with Gasteiger partial charge in [-0.1, -0.05) is 20.8 Å². The van der Waals surface area contributed by atoms with Gasteiger partial charge in [-0.2, -0.15) is 0 Å². The zero-order valence-corrected chi connectivity index (χ0v) is 7.82. The standard InChI is InChI=1S/C5H9O.Y/c1-5(2,3)4-6;/h1-3H3;/q-1;. The Labute approximate surface area is 69.7 Å². The monoisotopic (exact) mass is 174 g/mol. The first-order valence-electron chi connectivity index (χ1n) is 1.95. The molecule has 0 saturated heterocycles. The normalized spacial score (nSPS) is 9.57. The van der Waals surface area contributed by atoms with Crippen LogP contribution < -0.4 is 0 Å². The number of hydrogen-bond acceptors (Lipinski definition) is 1. The van der Waals surface area contributed by atoms with Gasteiger partial charge in [0, 0.05) is 32.7 Å². The molecule has 0 aromatic rings. The molecule has 0 aliphatic heterocycles. The maximum absolute atomic E-state index is 9.70. The molecule has 0 atom stereocenters. The van der Waals surface area contributed by atoms with Crippen LogP contribution in [-0.2, 0) is 37.5 Å². The molecule has 39 valence electrons. The first kappa shape index (κ1) is 10.7. The van der Waals surface area contributed by atoms with Crippen LogP contribution in [-0.4, -0.2) is 6.29 Å². The Kier molecular flexibility index (Phi) is 5.71. The molecule has 0 spiro atoms. The van der Waals surface area contributed by atoms with Crippen molar-refractivity contribution in [3.63, 3.8) is 0 Å². The molecular weight excluding hydrogens is 165 g/mol. The van der Waals surface area contributed by atoms with Crippen molar-refractivity contribution in [2.45, 2.75) is 20.8 Å². The summed E-state index contributed by atoms with van der Waals surface area (Å²) in [5, 5.41) is 0. The van der Waals surface area contributed by atoms with E-state index < -0.39 is 0 Å². The molecule has 0 bridgehead atoms. The summed E-state index contributed by atoms with van der Waals surface area (Å²) in [5.74, 6) is 0. The molecule has 7 heavy (non-hydrogen) atoms. The van der Waals surface area contributed by atoms with Crippen LogP contribution in [0.15, 0.2) is 0 Å². The fourth-order valence-corrected chi connectivity index (χ4v) is 0. The summed E-state index contributed by atoms with van der Waals surface area (Å²) >= 11 is 0. The molecule has 0 aromatic carbocycles. The SMILES string of the molecule is CC(C)(C)[C-]=O.[Y]. The van der Waals surface area contributed by atoms with Crippen LogP contribution in [0.4, 0.5) is 0 Å². The van der Waals surface area contributed by atoms with E-state index in [-0.39, 0.29) is 38.1 Å². The third-order valence-electron chi connectivity index (χ3n) is 0.306. The molecule has 0 N–H and O–H groups in total. The van der Waals surface area contributed by atoms with Gasteiger partial charge >= 0.3 is 0 Å². The van der Waals surface area contributed by atoms with Gasteiger partial charge in [-0.25, -0.2) is 0 Å². The molecule has 0 aliphatic rings. The van der Waals surface area contributed by atoms with Crippen molar-refractivity contribution in [1.29, 1.82) is 0 Å². The van der Waals surface area contributed by atoms with Gasteiger partial charge in [0.1, 0.15) is 0 Å². The largest absolute Gasteiger partial charge is 0.541 e. The van der Waals surface area contributed by atoms with E-state index >= 15 is 0 Å². The van der Waals surface area contributed by atoms with E-state index in [1.165, 1.54) is 0 Å². The number of carbonyl (C=O) groups excluding carboxylic acids is 1. The van der Waals surface area contributed by atoms with Crippen molar-refractivity contribution in [2.24, 2.45) is 5.41 Å². The minimum absolute atomic E-state index is 0. The predicted molar refractivity (Wildman–Crippen MR) is 25.1 cm³/mol. The molecule has 0 aliphatic carbocycles. The van der Waals surface area contributed by atoms with Crippen molar-refractivity contribution in [1.82, 2.24) is 0 Å². The summed E-state index contributed by atoms with van der Waals surface area (Å²) in [6.45, 7) is 5.46. The molecule has 0 amide bonds. The molecular formula is C5H9OY-. The van der Waals surface area contributed by atoms with Gasteiger partial charge < -0.3 is 4.79 Å². The van der Waals surface area contributed by atoms with Crippen molar-refractivity contribution < 1.29 is 37.5 Å². The van der Waals surface area contributed by atoms with Crippen molar-refractivity contribution in [3.8, 4) is 0 Å². The molecule has 0 unspecified atom stereocenters. The van der Waals surface area contributed by atoms with E-state index in [0.29, 0.717) is 0 Å². The topological polar surface area (TPSA) is 17.1 Å². The maximum Gasteiger partial charge on any atom is 0 e. The van der Waals surface area contributed by atoms with Crippen LogP contribution in [0.3, 0.4) is 0 Å². The number of hydrogen-bond donors (Lipinski definition) is 0. The maximum atomic E-state index is 9.70. The second-order valence-corrected chi connectivity index (χ2v) is 2.35. The molecule has 0 saturated carbocycles. The van der Waals surface area contributed by atoms with Crippen LogP contribution in [0.5, 0.6) is 0 Å². The summed E-state index contributed by atoms with van der Waals surface area (Å²) in [7, 11) is 0. The van der Waals surface area contributed by atoms with Crippen LogP contribution in [0.2, 0.25) is 0 Å². The molecule has 0 rings (SSSR count). The fraction of sp³-hybridized carbons (Fsp3) is 0.800. The summed E-state index contributed by atoms with van der Waals surface area (Å²) in [6.07, 6.45) is 1.85. The minimum Gasteiger partial charge on any atom is -0.541 e. The second kappa shape index (κ2) is 3.74. The third kappa shape index (κ3) is 10.8. The first-order valence-corrected chi connectivity index (χ1v) is 1.95. The zero-order valence-electron chi connectivity index (χ0n) is 4.99. The van der Waals surface area contributed by atoms with Crippen molar-refractivity contribution in [2.75, 3.05) is 0 Å². The summed E-state index contributed by atoms with van der Waals surface area (Å²) < 4.78 is 0. The van der Waals surface area contributed by atoms with Crippen LogP contribution in [0.25, 0.3) is 0 Å². The zero-order chi connectivity index (χ0) is 5.21. The van der Waals surface area contributed by atoms with Gasteiger partial charge in [0.25, 0.3) is 0 Å². The third-order valence-corrected chi connectivity index (χ3v) is 0.306. The molecule has 0 aromatic heterocycles. The van der Waals surface area contributed by atoms with Crippen LogP contribution >= 0.6 is 0 Å². The molecule has 2 heteroatoms. The molecule has 0 heterocycles. The Balaban J connectivity index is 0. The van der Waals surface area contributed by atoms with Gasteiger partial charge in [-0.05, 0) is 0 Å². The summed E-state index contributed by atoms with van der Waals surface area (Å²) in [5.41, 5.74) is -0.264. The quantitative estimate of drug-likeness (QED) is 0.503. The molecule has 1 nitrogen and oxygen atoms in total. The van der Waals surface area contributed by atoms with Gasteiger partial charge in [-0.3, -0.25) is 6.29 Å². The van der Waals surface area contributed by atoms with E-state index in [1.54, 1.807) is 0 Å². The second-order valence-electron chi connectivity index (χ2n) is 2.35.